The van der Waals surface area contributed by atoms with E-state index in [-0.39, 0.29) is 18.3 Å². The van der Waals surface area contributed by atoms with Crippen molar-refractivity contribution in [2.24, 2.45) is 0 Å². The number of methoxy groups -OCH3 is 1. The van der Waals surface area contributed by atoms with Crippen LogP contribution < -0.4 is 10.1 Å². The van der Waals surface area contributed by atoms with Crippen LogP contribution in [-0.4, -0.2) is 39.5 Å². The number of esters is 1. The summed E-state index contributed by atoms with van der Waals surface area (Å²) in [6.45, 7) is 4.70. The van der Waals surface area contributed by atoms with Crippen molar-refractivity contribution in [3.8, 4) is 5.75 Å². The van der Waals surface area contributed by atoms with Gasteiger partial charge in [-0.1, -0.05) is 23.4 Å². The molecule has 0 radical (unpaired) electrons. The number of thiophene rings is 1. The van der Waals surface area contributed by atoms with Gasteiger partial charge in [0.2, 0.25) is 5.91 Å². The van der Waals surface area contributed by atoms with Crippen molar-refractivity contribution < 1.29 is 19.1 Å². The highest BCUT2D eigenvalue weighted by molar-refractivity contribution is 7.99. The van der Waals surface area contributed by atoms with Crippen LogP contribution in [0, 0.1) is 6.92 Å². The number of ether oxygens (including phenoxy) is 2. The molecule has 2 heterocycles. The number of anilines is 1. The van der Waals surface area contributed by atoms with Gasteiger partial charge in [-0.3, -0.25) is 4.79 Å². The Hall–Kier alpha value is -2.56. The summed E-state index contributed by atoms with van der Waals surface area (Å²) in [7, 11) is 1.31. The Labute approximate surface area is 192 Å². The zero-order valence-electron chi connectivity index (χ0n) is 17.2. The number of carbonyl (C=O) groups is 2. The van der Waals surface area contributed by atoms with Gasteiger partial charge in [-0.25, -0.2) is 4.79 Å². The number of thioether (sulfide) groups is 1. The monoisotopic (exact) mass is 480 g/mol. The van der Waals surface area contributed by atoms with Gasteiger partial charge in [-0.05, 0) is 44.2 Å². The maximum absolute atomic E-state index is 12.4. The fourth-order valence-corrected chi connectivity index (χ4v) is 4.55. The Bertz CT molecular complexity index is 1070. The normalized spacial score (nSPS) is 10.7. The molecule has 0 spiro atoms. The van der Waals surface area contributed by atoms with Gasteiger partial charge < -0.3 is 19.4 Å². The molecule has 3 aromatic rings. The highest BCUT2D eigenvalue weighted by Crippen LogP contribution is 2.28. The first-order valence-electron chi connectivity index (χ1n) is 9.33. The van der Waals surface area contributed by atoms with E-state index in [1.807, 2.05) is 18.4 Å². The second-order valence-corrected chi connectivity index (χ2v) is 8.95. The van der Waals surface area contributed by atoms with Gasteiger partial charge in [0.25, 0.3) is 0 Å². The van der Waals surface area contributed by atoms with Crippen LogP contribution in [0.3, 0.4) is 0 Å². The van der Waals surface area contributed by atoms with Crippen molar-refractivity contribution in [2.45, 2.75) is 32.2 Å². The van der Waals surface area contributed by atoms with Crippen LogP contribution in [0.4, 0.5) is 5.00 Å². The van der Waals surface area contributed by atoms with Crippen LogP contribution in [0.5, 0.6) is 5.75 Å². The van der Waals surface area contributed by atoms with Gasteiger partial charge in [0.05, 0.1) is 18.4 Å². The Morgan fingerprint density at radius 1 is 1.26 bits per heavy atom. The predicted octanol–water partition coefficient (Wildman–Crippen LogP) is 4.42. The Morgan fingerprint density at radius 2 is 2.00 bits per heavy atom. The lowest BCUT2D eigenvalue weighted by Crippen LogP contribution is -2.16. The quantitative estimate of drug-likeness (QED) is 0.357. The van der Waals surface area contributed by atoms with Gasteiger partial charge in [-0.2, -0.15) is 0 Å². The first-order chi connectivity index (χ1) is 14.9. The number of nitrogens with zero attached hydrogens (tertiary/aromatic N) is 3. The molecule has 0 aliphatic rings. The van der Waals surface area contributed by atoms with Crippen molar-refractivity contribution in [1.82, 2.24) is 14.8 Å². The number of nitrogens with one attached hydrogen (secondary N) is 1. The minimum absolute atomic E-state index is 0.119. The van der Waals surface area contributed by atoms with E-state index in [0.717, 1.165) is 4.88 Å². The van der Waals surface area contributed by atoms with Crippen molar-refractivity contribution in [2.75, 3.05) is 18.2 Å². The number of aryl methyl sites for hydroxylation is 1. The second kappa shape index (κ2) is 10.7. The predicted molar refractivity (Wildman–Crippen MR) is 121 cm³/mol. The van der Waals surface area contributed by atoms with E-state index >= 15 is 0 Å². The third-order valence-corrected chi connectivity index (χ3v) is 6.32. The first kappa shape index (κ1) is 23.1. The lowest BCUT2D eigenvalue weighted by molar-refractivity contribution is -0.113. The minimum atomic E-state index is -0.483. The van der Waals surface area contributed by atoms with Crippen LogP contribution in [0.25, 0.3) is 0 Å². The van der Waals surface area contributed by atoms with Crippen molar-refractivity contribution >= 4 is 51.6 Å². The van der Waals surface area contributed by atoms with Crippen molar-refractivity contribution in [3.05, 3.63) is 51.6 Å². The molecule has 0 fully saturated rings. The summed E-state index contributed by atoms with van der Waals surface area (Å²) in [4.78, 5) is 25.2. The molecule has 1 N–H and O–H groups in total. The molecule has 0 bridgehead atoms. The Kier molecular flexibility index (Phi) is 7.94. The summed E-state index contributed by atoms with van der Waals surface area (Å²) < 4.78 is 12.4. The van der Waals surface area contributed by atoms with Crippen LogP contribution in [0.15, 0.2) is 35.5 Å². The summed E-state index contributed by atoms with van der Waals surface area (Å²) in [5.41, 5.74) is 0.349. The summed E-state index contributed by atoms with van der Waals surface area (Å²) >= 11 is 8.47. The minimum Gasteiger partial charge on any atom is -0.486 e. The molecule has 164 valence electrons. The molecule has 8 nitrogen and oxygen atoms in total. The van der Waals surface area contributed by atoms with Gasteiger partial charge in [0.15, 0.2) is 11.0 Å². The number of amides is 1. The summed E-state index contributed by atoms with van der Waals surface area (Å²) in [6.07, 6.45) is 0. The molecule has 11 heteroatoms. The van der Waals surface area contributed by atoms with Crippen LogP contribution in [0.1, 0.15) is 28.0 Å². The lowest BCUT2D eigenvalue weighted by Gasteiger charge is -2.09. The maximum atomic E-state index is 12.4. The zero-order chi connectivity index (χ0) is 22.4. The number of aromatic nitrogens is 3. The second-order valence-electron chi connectivity index (χ2n) is 6.31. The smallest absolute Gasteiger partial charge is 0.340 e. The first-order valence-corrected chi connectivity index (χ1v) is 11.5. The van der Waals surface area contributed by atoms with Gasteiger partial charge >= 0.3 is 5.97 Å². The third kappa shape index (κ3) is 5.99. The van der Waals surface area contributed by atoms with E-state index in [4.69, 9.17) is 21.1 Å². The summed E-state index contributed by atoms with van der Waals surface area (Å²) in [5.74, 6) is 0.719. The molecule has 31 heavy (non-hydrogen) atoms. The lowest BCUT2D eigenvalue weighted by atomic mass is 10.3. The van der Waals surface area contributed by atoms with E-state index < -0.39 is 5.97 Å². The van der Waals surface area contributed by atoms with Gasteiger partial charge in [-0.15, -0.1) is 21.5 Å². The van der Waals surface area contributed by atoms with E-state index in [0.29, 0.717) is 38.9 Å². The fraction of sp³-hybridized carbons (Fsp3) is 0.300. The molecule has 2 aromatic heterocycles. The standard InChI is InChI=1S/C20H21ClN4O4S2/c1-4-25-16(10-29-14-7-5-13(21)6-8-14)23-24-20(25)30-11-17(26)22-18-15(19(27)28-3)9-12(2)31-18/h5-9H,4,10-11H2,1-3H3,(H,22,26). The SMILES string of the molecule is CCn1c(COc2ccc(Cl)cc2)nnc1SCC(=O)Nc1sc(C)cc1C(=O)OC. The van der Waals surface area contributed by atoms with Crippen LogP contribution in [0.2, 0.25) is 5.02 Å². The molecule has 0 saturated carbocycles. The molecule has 0 saturated heterocycles. The average molecular weight is 481 g/mol. The summed E-state index contributed by atoms with van der Waals surface area (Å²) in [6, 6.07) is 8.76. The van der Waals surface area contributed by atoms with Crippen molar-refractivity contribution in [1.29, 1.82) is 0 Å². The molecule has 1 aromatic carbocycles. The van der Waals surface area contributed by atoms with E-state index in [2.05, 4.69) is 15.5 Å². The highest BCUT2D eigenvalue weighted by Gasteiger charge is 2.18. The number of benzene rings is 1. The van der Waals surface area contributed by atoms with Gasteiger partial charge in [0, 0.05) is 16.4 Å². The molecule has 1 amide bonds. The van der Waals surface area contributed by atoms with E-state index in [1.54, 1.807) is 30.3 Å². The number of rotatable bonds is 9. The fourth-order valence-electron chi connectivity index (χ4n) is 2.69. The summed E-state index contributed by atoms with van der Waals surface area (Å²) in [5, 5.41) is 12.9. The molecule has 0 aliphatic heterocycles. The zero-order valence-corrected chi connectivity index (χ0v) is 19.6. The number of halogens is 1. The van der Waals surface area contributed by atoms with Crippen LogP contribution >= 0.6 is 34.7 Å². The van der Waals surface area contributed by atoms with Gasteiger partial charge in [0.1, 0.15) is 17.4 Å². The topological polar surface area (TPSA) is 95.3 Å². The molecule has 3 rings (SSSR count). The largest absolute Gasteiger partial charge is 0.486 e. The molecular formula is C20H21ClN4O4S2. The highest BCUT2D eigenvalue weighted by atomic mass is 35.5. The molecule has 0 unspecified atom stereocenters. The van der Waals surface area contributed by atoms with E-state index in [9.17, 15) is 9.59 Å². The number of hydrogen-bond acceptors (Lipinski definition) is 8. The number of hydrogen-bond donors (Lipinski definition) is 1. The van der Waals surface area contributed by atoms with Crippen molar-refractivity contribution in [3.63, 3.8) is 0 Å². The maximum Gasteiger partial charge on any atom is 0.340 e. The number of carbonyl (C=O) groups excluding carboxylic acids is 2. The van der Waals surface area contributed by atoms with Crippen LogP contribution in [-0.2, 0) is 22.7 Å². The third-order valence-electron chi connectivity index (χ3n) is 4.14. The molecule has 0 aliphatic carbocycles. The Morgan fingerprint density at radius 3 is 2.68 bits per heavy atom. The average Bonchev–Trinajstić information content (AvgIpc) is 3.33. The Balaban J connectivity index is 1.60. The molecule has 0 atom stereocenters. The van der Waals surface area contributed by atoms with E-state index in [1.165, 1.54) is 30.2 Å². The molecular weight excluding hydrogens is 460 g/mol.